The summed E-state index contributed by atoms with van der Waals surface area (Å²) in [6.45, 7) is 3.85. The number of alkyl halides is 3. The van der Waals surface area contributed by atoms with Crippen LogP contribution in [0, 0.1) is 0 Å². The average Bonchev–Trinajstić information content (AvgIpc) is 2.70. The van der Waals surface area contributed by atoms with Gasteiger partial charge in [-0.1, -0.05) is 18.2 Å². The molecule has 1 aromatic carbocycles. The topological polar surface area (TPSA) is 20.3 Å². The number of nitrogens with zero attached hydrogens (tertiary/aromatic N) is 1. The Morgan fingerprint density at radius 2 is 2.16 bits per heavy atom. The van der Waals surface area contributed by atoms with E-state index < -0.39 is 11.7 Å². The minimum atomic E-state index is -4.36. The molecule has 0 bridgehead atoms. The van der Waals surface area contributed by atoms with E-state index in [1.165, 1.54) is 6.07 Å². The number of benzene rings is 1. The van der Waals surface area contributed by atoms with Gasteiger partial charge in [-0.15, -0.1) is 6.58 Å². The van der Waals surface area contributed by atoms with E-state index in [0.29, 0.717) is 18.4 Å². The summed E-state index contributed by atoms with van der Waals surface area (Å²) in [5.41, 5.74) is -0.205. The summed E-state index contributed by atoms with van der Waals surface area (Å²) in [6.07, 6.45) is -1.59. The minimum absolute atomic E-state index is 0.0395. The van der Waals surface area contributed by atoms with E-state index in [0.717, 1.165) is 12.1 Å². The smallest absolute Gasteiger partial charge is 0.332 e. The van der Waals surface area contributed by atoms with Gasteiger partial charge in [0.15, 0.2) is 0 Å². The predicted octanol–water partition coefficient (Wildman–Crippen LogP) is 3.38. The summed E-state index contributed by atoms with van der Waals surface area (Å²) in [6, 6.07) is 5.00. The molecular weight excluding hydrogens is 255 g/mol. The van der Waals surface area contributed by atoms with Gasteiger partial charge < -0.3 is 4.90 Å². The van der Waals surface area contributed by atoms with Crippen molar-refractivity contribution in [3.63, 3.8) is 0 Å². The number of hydrogen-bond donors (Lipinski definition) is 0. The van der Waals surface area contributed by atoms with Gasteiger partial charge in [-0.25, -0.2) is 0 Å². The number of halogens is 3. The Kier molecular flexibility index (Phi) is 3.64. The number of rotatable bonds is 3. The van der Waals surface area contributed by atoms with Gasteiger partial charge in [-0.05, 0) is 24.1 Å². The Morgan fingerprint density at radius 1 is 1.42 bits per heavy atom. The minimum Gasteiger partial charge on any atom is -0.332 e. The molecule has 2 nitrogen and oxygen atoms in total. The first-order chi connectivity index (χ1) is 8.91. The maximum absolute atomic E-state index is 12.6. The molecule has 0 saturated carbocycles. The Balaban J connectivity index is 2.19. The molecule has 1 aliphatic heterocycles. The van der Waals surface area contributed by atoms with Crippen LogP contribution < -0.4 is 0 Å². The zero-order valence-electron chi connectivity index (χ0n) is 10.3. The van der Waals surface area contributed by atoms with Crippen LogP contribution in [0.15, 0.2) is 36.9 Å². The lowest BCUT2D eigenvalue weighted by atomic mass is 10.1. The van der Waals surface area contributed by atoms with Crippen molar-refractivity contribution in [2.75, 3.05) is 0 Å². The van der Waals surface area contributed by atoms with Crippen LogP contribution in [-0.2, 0) is 17.5 Å². The molecule has 1 amide bonds. The fraction of sp³-hybridized carbons (Fsp3) is 0.357. The van der Waals surface area contributed by atoms with E-state index in [2.05, 4.69) is 6.58 Å². The first kappa shape index (κ1) is 13.6. The molecule has 0 radical (unpaired) electrons. The highest BCUT2D eigenvalue weighted by molar-refractivity contribution is 5.79. The predicted molar refractivity (Wildman–Crippen MR) is 65.2 cm³/mol. The number of carbonyl (C=O) groups is 1. The average molecular weight is 269 g/mol. The van der Waals surface area contributed by atoms with E-state index in [1.54, 1.807) is 17.0 Å². The van der Waals surface area contributed by atoms with Crippen LogP contribution in [0.25, 0.3) is 0 Å². The second-order valence-corrected chi connectivity index (χ2v) is 4.56. The molecule has 19 heavy (non-hydrogen) atoms. The second-order valence-electron chi connectivity index (χ2n) is 4.56. The lowest BCUT2D eigenvalue weighted by Crippen LogP contribution is -2.31. The quantitative estimate of drug-likeness (QED) is 0.770. The monoisotopic (exact) mass is 269 g/mol. The lowest BCUT2D eigenvalue weighted by Gasteiger charge is -2.22. The SMILES string of the molecule is C=C[C@@H]1CCC(=O)N1Cc1cccc(C(F)(F)F)c1. The zero-order valence-corrected chi connectivity index (χ0v) is 10.3. The second kappa shape index (κ2) is 5.07. The van der Waals surface area contributed by atoms with Crippen LogP contribution in [0.2, 0.25) is 0 Å². The molecular formula is C14H14F3NO. The summed E-state index contributed by atoms with van der Waals surface area (Å²) in [5, 5.41) is 0. The molecule has 102 valence electrons. The van der Waals surface area contributed by atoms with Crippen molar-refractivity contribution < 1.29 is 18.0 Å². The molecule has 0 unspecified atom stereocenters. The molecule has 1 fully saturated rings. The van der Waals surface area contributed by atoms with Crippen molar-refractivity contribution in [3.8, 4) is 0 Å². The van der Waals surface area contributed by atoms with Crippen molar-refractivity contribution in [1.82, 2.24) is 4.90 Å². The third-order valence-electron chi connectivity index (χ3n) is 3.25. The lowest BCUT2D eigenvalue weighted by molar-refractivity contribution is -0.137. The molecule has 0 aromatic heterocycles. The van der Waals surface area contributed by atoms with Crippen LogP contribution in [-0.4, -0.2) is 16.8 Å². The third-order valence-corrected chi connectivity index (χ3v) is 3.25. The highest BCUT2D eigenvalue weighted by Gasteiger charge is 2.32. The normalized spacial score (nSPS) is 19.8. The molecule has 0 aliphatic carbocycles. The fourth-order valence-electron chi connectivity index (χ4n) is 2.25. The van der Waals surface area contributed by atoms with Crippen LogP contribution >= 0.6 is 0 Å². The highest BCUT2D eigenvalue weighted by atomic mass is 19.4. The highest BCUT2D eigenvalue weighted by Crippen LogP contribution is 2.30. The van der Waals surface area contributed by atoms with Crippen molar-refractivity contribution in [2.45, 2.75) is 31.6 Å². The van der Waals surface area contributed by atoms with Gasteiger partial charge in [-0.3, -0.25) is 4.79 Å². The molecule has 1 aromatic rings. The Hall–Kier alpha value is -1.78. The Labute approximate surface area is 109 Å². The number of likely N-dealkylation sites (tertiary alicyclic amines) is 1. The summed E-state index contributed by atoms with van der Waals surface area (Å²) in [7, 11) is 0. The maximum Gasteiger partial charge on any atom is 0.416 e. The first-order valence-corrected chi connectivity index (χ1v) is 6.00. The van der Waals surface area contributed by atoms with Crippen LogP contribution in [0.5, 0.6) is 0 Å². The van der Waals surface area contributed by atoms with Gasteiger partial charge in [0.2, 0.25) is 5.91 Å². The van der Waals surface area contributed by atoms with Crippen molar-refractivity contribution in [2.24, 2.45) is 0 Å². The van der Waals surface area contributed by atoms with E-state index in [9.17, 15) is 18.0 Å². The number of carbonyl (C=O) groups excluding carboxylic acids is 1. The van der Waals surface area contributed by atoms with Gasteiger partial charge in [0.05, 0.1) is 11.6 Å². The standard InChI is InChI=1S/C14H14F3NO/c1-2-12-6-7-13(19)18(12)9-10-4-3-5-11(8-10)14(15,16)17/h2-5,8,12H,1,6-7,9H2/t12-/m1/s1. The fourth-order valence-corrected chi connectivity index (χ4v) is 2.25. The number of amides is 1. The molecule has 1 saturated heterocycles. The largest absolute Gasteiger partial charge is 0.416 e. The Bertz CT molecular complexity index is 496. The third kappa shape index (κ3) is 2.97. The Morgan fingerprint density at radius 3 is 2.79 bits per heavy atom. The van der Waals surface area contributed by atoms with Crippen molar-refractivity contribution in [1.29, 1.82) is 0 Å². The molecule has 1 aliphatic rings. The van der Waals surface area contributed by atoms with Gasteiger partial charge in [-0.2, -0.15) is 13.2 Å². The van der Waals surface area contributed by atoms with E-state index in [4.69, 9.17) is 0 Å². The summed E-state index contributed by atoms with van der Waals surface area (Å²) >= 11 is 0. The van der Waals surface area contributed by atoms with Crippen LogP contribution in [0.1, 0.15) is 24.0 Å². The molecule has 1 heterocycles. The van der Waals surface area contributed by atoms with Crippen molar-refractivity contribution in [3.05, 3.63) is 48.0 Å². The van der Waals surface area contributed by atoms with E-state index in [-0.39, 0.29) is 18.5 Å². The van der Waals surface area contributed by atoms with Crippen LogP contribution in [0.3, 0.4) is 0 Å². The van der Waals surface area contributed by atoms with Gasteiger partial charge in [0.25, 0.3) is 0 Å². The van der Waals surface area contributed by atoms with E-state index >= 15 is 0 Å². The first-order valence-electron chi connectivity index (χ1n) is 6.00. The van der Waals surface area contributed by atoms with E-state index in [1.807, 2.05) is 0 Å². The maximum atomic E-state index is 12.6. The molecule has 1 atom stereocenters. The van der Waals surface area contributed by atoms with Crippen molar-refractivity contribution >= 4 is 5.91 Å². The molecule has 2 rings (SSSR count). The van der Waals surface area contributed by atoms with Crippen LogP contribution in [0.4, 0.5) is 13.2 Å². The number of hydrogen-bond acceptors (Lipinski definition) is 1. The van der Waals surface area contributed by atoms with Gasteiger partial charge in [0, 0.05) is 13.0 Å². The molecule has 0 spiro atoms. The zero-order chi connectivity index (χ0) is 14.0. The summed E-state index contributed by atoms with van der Waals surface area (Å²) in [5.74, 6) is -0.0395. The summed E-state index contributed by atoms with van der Waals surface area (Å²) in [4.78, 5) is 13.3. The molecule has 0 N–H and O–H groups in total. The molecule has 5 heteroatoms. The summed E-state index contributed by atoms with van der Waals surface area (Å²) < 4.78 is 37.8. The van der Waals surface area contributed by atoms with Gasteiger partial charge >= 0.3 is 6.18 Å². The van der Waals surface area contributed by atoms with Gasteiger partial charge in [0.1, 0.15) is 0 Å².